The summed E-state index contributed by atoms with van der Waals surface area (Å²) in [7, 11) is 0. The highest BCUT2D eigenvalue weighted by atomic mass is 15.1. The molecule has 0 amide bonds. The fraction of sp³-hybridized carbons (Fsp3) is 0.278. The molecule has 1 atom stereocenters. The Labute approximate surface area is 120 Å². The minimum absolute atomic E-state index is 0.364. The molecule has 2 aromatic carbocycles. The second-order valence-corrected chi connectivity index (χ2v) is 5.32. The monoisotopic (exact) mass is 264 g/mol. The Kier molecular flexibility index (Phi) is 3.82. The Morgan fingerprint density at radius 2 is 1.70 bits per heavy atom. The van der Waals surface area contributed by atoms with Gasteiger partial charge in [0, 0.05) is 12.5 Å². The smallest absolute Gasteiger partial charge is 0.104 e. The van der Waals surface area contributed by atoms with Crippen LogP contribution in [0.2, 0.25) is 0 Å². The lowest BCUT2D eigenvalue weighted by molar-refractivity contribution is 0.918. The summed E-state index contributed by atoms with van der Waals surface area (Å²) in [5.74, 6) is 1.49. The van der Waals surface area contributed by atoms with Crippen LogP contribution >= 0.6 is 0 Å². The molecular weight excluding hydrogens is 244 g/mol. The number of amidine groups is 1. The summed E-state index contributed by atoms with van der Waals surface area (Å²) in [4.78, 5) is 4.51. The molecule has 2 heteroatoms. The maximum absolute atomic E-state index is 4.51. The van der Waals surface area contributed by atoms with Crippen LogP contribution in [0.1, 0.15) is 29.5 Å². The van der Waals surface area contributed by atoms with E-state index in [1.807, 2.05) is 0 Å². The third kappa shape index (κ3) is 2.90. The van der Waals surface area contributed by atoms with Gasteiger partial charge in [0.15, 0.2) is 0 Å². The van der Waals surface area contributed by atoms with E-state index in [2.05, 4.69) is 71.8 Å². The molecular formula is C18H20N2. The maximum Gasteiger partial charge on any atom is 0.104 e. The predicted molar refractivity (Wildman–Crippen MR) is 84.4 cm³/mol. The average molecular weight is 264 g/mol. The minimum Gasteiger partial charge on any atom is -0.371 e. The van der Waals surface area contributed by atoms with Crippen molar-refractivity contribution in [3.8, 4) is 0 Å². The molecule has 0 saturated heterocycles. The van der Waals surface area contributed by atoms with E-state index in [4.69, 9.17) is 0 Å². The van der Waals surface area contributed by atoms with Crippen molar-refractivity contribution in [3.63, 3.8) is 0 Å². The maximum atomic E-state index is 4.51. The van der Waals surface area contributed by atoms with E-state index in [1.54, 1.807) is 0 Å². The highest BCUT2D eigenvalue weighted by Crippen LogP contribution is 2.19. The molecule has 3 rings (SSSR count). The zero-order chi connectivity index (χ0) is 13.8. The number of hydrogen-bond acceptors (Lipinski definition) is 2. The lowest BCUT2D eigenvalue weighted by Crippen LogP contribution is -2.23. The van der Waals surface area contributed by atoms with Gasteiger partial charge in [-0.15, -0.1) is 0 Å². The van der Waals surface area contributed by atoms with Crippen molar-refractivity contribution in [1.82, 2.24) is 5.32 Å². The van der Waals surface area contributed by atoms with Crippen LogP contribution in [0.5, 0.6) is 0 Å². The van der Waals surface area contributed by atoms with Gasteiger partial charge in [-0.3, -0.25) is 4.99 Å². The standard InChI is InChI=1S/C18H20N2/c1-14(18-19-11-12-20-18)17-9-7-16(8-10-17)13-15-5-3-2-4-6-15/h2-10,14H,11-13H2,1H3,(H,19,20). The van der Waals surface area contributed by atoms with Gasteiger partial charge < -0.3 is 5.32 Å². The molecule has 1 N–H and O–H groups in total. The number of aliphatic imine (C=N–C) groups is 1. The first-order valence-corrected chi connectivity index (χ1v) is 7.24. The largest absolute Gasteiger partial charge is 0.371 e. The van der Waals surface area contributed by atoms with E-state index in [0.717, 1.165) is 25.3 Å². The van der Waals surface area contributed by atoms with Crippen LogP contribution in [-0.4, -0.2) is 18.9 Å². The van der Waals surface area contributed by atoms with Crippen molar-refractivity contribution in [2.45, 2.75) is 19.3 Å². The van der Waals surface area contributed by atoms with Gasteiger partial charge in [-0.05, 0) is 23.1 Å². The normalized spacial score (nSPS) is 15.6. The van der Waals surface area contributed by atoms with Crippen LogP contribution in [0.25, 0.3) is 0 Å². The molecule has 0 aromatic heterocycles. The summed E-state index contributed by atoms with van der Waals surface area (Å²) in [5, 5.41) is 3.36. The second-order valence-electron chi connectivity index (χ2n) is 5.32. The molecule has 1 heterocycles. The highest BCUT2D eigenvalue weighted by molar-refractivity contribution is 5.89. The summed E-state index contributed by atoms with van der Waals surface area (Å²) in [5.41, 5.74) is 4.04. The lowest BCUT2D eigenvalue weighted by atomic mass is 9.97. The van der Waals surface area contributed by atoms with Crippen molar-refractivity contribution in [2.24, 2.45) is 4.99 Å². The molecule has 2 aromatic rings. The SMILES string of the molecule is CC(C1=NCCN1)c1ccc(Cc2ccccc2)cc1. The van der Waals surface area contributed by atoms with Crippen molar-refractivity contribution >= 4 is 5.84 Å². The van der Waals surface area contributed by atoms with Gasteiger partial charge in [0.2, 0.25) is 0 Å². The summed E-state index contributed by atoms with van der Waals surface area (Å²) >= 11 is 0. The predicted octanol–water partition coefficient (Wildman–Crippen LogP) is 3.38. The number of nitrogens with zero attached hydrogens (tertiary/aromatic N) is 1. The first-order valence-electron chi connectivity index (χ1n) is 7.24. The molecule has 20 heavy (non-hydrogen) atoms. The van der Waals surface area contributed by atoms with Gasteiger partial charge in [0.05, 0.1) is 6.54 Å². The van der Waals surface area contributed by atoms with Gasteiger partial charge in [0.1, 0.15) is 5.84 Å². The highest BCUT2D eigenvalue weighted by Gasteiger charge is 2.15. The van der Waals surface area contributed by atoms with Crippen molar-refractivity contribution in [1.29, 1.82) is 0 Å². The third-order valence-corrected chi connectivity index (χ3v) is 3.84. The van der Waals surface area contributed by atoms with Gasteiger partial charge in [-0.2, -0.15) is 0 Å². The topological polar surface area (TPSA) is 24.4 Å². The van der Waals surface area contributed by atoms with Crippen LogP contribution < -0.4 is 5.32 Å². The Morgan fingerprint density at radius 1 is 1.00 bits per heavy atom. The summed E-state index contributed by atoms with van der Waals surface area (Å²) < 4.78 is 0. The van der Waals surface area contributed by atoms with Crippen molar-refractivity contribution in [2.75, 3.05) is 13.1 Å². The Morgan fingerprint density at radius 3 is 2.35 bits per heavy atom. The van der Waals surface area contributed by atoms with Gasteiger partial charge in [-0.25, -0.2) is 0 Å². The number of benzene rings is 2. The molecule has 1 aliphatic rings. The minimum atomic E-state index is 0.364. The number of rotatable bonds is 4. The summed E-state index contributed by atoms with van der Waals surface area (Å²) in [6, 6.07) is 19.5. The van der Waals surface area contributed by atoms with Gasteiger partial charge >= 0.3 is 0 Å². The first kappa shape index (κ1) is 12.9. The van der Waals surface area contributed by atoms with E-state index < -0.39 is 0 Å². The van der Waals surface area contributed by atoms with E-state index in [9.17, 15) is 0 Å². The van der Waals surface area contributed by atoms with E-state index in [1.165, 1.54) is 16.7 Å². The molecule has 0 aliphatic carbocycles. The Bertz CT molecular complexity index is 585. The Hall–Kier alpha value is -2.09. The first-order chi connectivity index (χ1) is 9.83. The molecule has 1 aliphatic heterocycles. The van der Waals surface area contributed by atoms with E-state index >= 15 is 0 Å². The zero-order valence-corrected chi connectivity index (χ0v) is 11.8. The molecule has 0 bridgehead atoms. The van der Waals surface area contributed by atoms with Crippen LogP contribution in [-0.2, 0) is 6.42 Å². The molecule has 1 unspecified atom stereocenters. The molecule has 0 saturated carbocycles. The van der Waals surface area contributed by atoms with E-state index in [-0.39, 0.29) is 0 Å². The van der Waals surface area contributed by atoms with Crippen molar-refractivity contribution in [3.05, 3.63) is 71.3 Å². The second kappa shape index (κ2) is 5.91. The van der Waals surface area contributed by atoms with E-state index in [0.29, 0.717) is 5.92 Å². The third-order valence-electron chi connectivity index (χ3n) is 3.84. The number of nitrogens with one attached hydrogen (secondary N) is 1. The molecule has 0 radical (unpaired) electrons. The van der Waals surface area contributed by atoms with Crippen molar-refractivity contribution < 1.29 is 0 Å². The number of hydrogen-bond donors (Lipinski definition) is 1. The van der Waals surface area contributed by atoms with Crippen LogP contribution in [0, 0.1) is 0 Å². The van der Waals surface area contributed by atoms with Crippen LogP contribution in [0.3, 0.4) is 0 Å². The molecule has 102 valence electrons. The van der Waals surface area contributed by atoms with Gasteiger partial charge in [0.25, 0.3) is 0 Å². The summed E-state index contributed by atoms with van der Waals surface area (Å²) in [6.45, 7) is 4.10. The molecule has 0 spiro atoms. The average Bonchev–Trinajstić information content (AvgIpc) is 3.03. The zero-order valence-electron chi connectivity index (χ0n) is 11.8. The van der Waals surface area contributed by atoms with Crippen LogP contribution in [0.15, 0.2) is 59.6 Å². The quantitative estimate of drug-likeness (QED) is 0.899. The lowest BCUT2D eigenvalue weighted by Gasteiger charge is -2.13. The fourth-order valence-corrected chi connectivity index (χ4v) is 2.62. The summed E-state index contributed by atoms with van der Waals surface area (Å²) in [6.07, 6.45) is 0.995. The Balaban J connectivity index is 1.71. The molecule has 0 fully saturated rings. The fourth-order valence-electron chi connectivity index (χ4n) is 2.62. The molecule has 2 nitrogen and oxygen atoms in total. The van der Waals surface area contributed by atoms with Crippen LogP contribution in [0.4, 0.5) is 0 Å². The van der Waals surface area contributed by atoms with Gasteiger partial charge in [-0.1, -0.05) is 61.5 Å².